The van der Waals surface area contributed by atoms with Gasteiger partial charge < -0.3 is 0 Å². The van der Waals surface area contributed by atoms with Crippen molar-refractivity contribution >= 4 is 17.5 Å². The van der Waals surface area contributed by atoms with Gasteiger partial charge in [-0.25, -0.2) is 0 Å². The van der Waals surface area contributed by atoms with E-state index in [1.54, 1.807) is 12.1 Å². The van der Waals surface area contributed by atoms with E-state index in [-0.39, 0.29) is 5.78 Å². The van der Waals surface area contributed by atoms with Crippen LogP contribution in [0.5, 0.6) is 0 Å². The topological polar surface area (TPSA) is 65.8 Å². The molecule has 4 heteroatoms. The number of ketones is 1. The van der Waals surface area contributed by atoms with Crippen molar-refractivity contribution in [3.05, 3.63) is 45.8 Å². The Bertz CT molecular complexity index is 496. The third-order valence-electron chi connectivity index (χ3n) is 2.85. The van der Waals surface area contributed by atoms with Crippen LogP contribution in [-0.4, -0.2) is 5.78 Å². The van der Waals surface area contributed by atoms with Gasteiger partial charge in [-0.1, -0.05) is 29.4 Å². The number of allylic oxidation sites excluding steroid dienone is 1. The fourth-order valence-corrected chi connectivity index (χ4v) is 1.94. The van der Waals surface area contributed by atoms with Crippen molar-refractivity contribution in [3.8, 4) is 0 Å². The molecule has 1 fully saturated rings. The maximum atomic E-state index is 11.6. The van der Waals surface area contributed by atoms with Gasteiger partial charge in [0.25, 0.3) is 0 Å². The summed E-state index contributed by atoms with van der Waals surface area (Å²) in [6.45, 7) is 0. The largest absolute Gasteiger partial charge is 0.295 e. The lowest BCUT2D eigenvalue weighted by molar-refractivity contribution is -0.116. The summed E-state index contributed by atoms with van der Waals surface area (Å²) in [5.74, 6) is 0.260. The molecule has 0 N–H and O–H groups in total. The zero-order valence-corrected chi connectivity index (χ0v) is 9.47. The number of carbonyl (C=O) groups is 1. The minimum Gasteiger partial charge on any atom is -0.295 e. The summed E-state index contributed by atoms with van der Waals surface area (Å²) in [7, 11) is 0. The fraction of sp³-hybridized carbons (Fsp3) is 0.308. The average Bonchev–Trinajstić information content (AvgIpc) is 2.35. The van der Waals surface area contributed by atoms with E-state index in [4.69, 9.17) is 5.53 Å². The maximum Gasteiger partial charge on any atom is 0.158 e. The van der Waals surface area contributed by atoms with Gasteiger partial charge in [0.2, 0.25) is 0 Å². The molecule has 0 spiro atoms. The standard InChI is InChI=1S/C13H13N3O/c14-16-15-12-7-5-10(6-8-12)9-11-3-1-2-4-13(11)17/h5-9H,1-4H2/b11-9-. The van der Waals surface area contributed by atoms with E-state index in [1.807, 2.05) is 18.2 Å². The number of hydrogen-bond acceptors (Lipinski definition) is 2. The second-order valence-corrected chi connectivity index (χ2v) is 4.08. The average molecular weight is 227 g/mol. The summed E-state index contributed by atoms with van der Waals surface area (Å²) in [5, 5.41) is 3.50. The number of nitrogens with zero attached hydrogens (tertiary/aromatic N) is 3. The fourth-order valence-electron chi connectivity index (χ4n) is 1.94. The molecule has 1 aromatic carbocycles. The van der Waals surface area contributed by atoms with Crippen LogP contribution in [0.3, 0.4) is 0 Å². The van der Waals surface area contributed by atoms with E-state index in [0.717, 1.165) is 30.4 Å². The molecule has 0 aromatic heterocycles. The Labute approximate surface area is 99.6 Å². The second-order valence-electron chi connectivity index (χ2n) is 4.08. The Kier molecular flexibility index (Phi) is 3.58. The SMILES string of the molecule is [N-]=[N+]=Nc1ccc(/C=C2/CCCCC2=O)cc1. The van der Waals surface area contributed by atoms with Crippen LogP contribution in [0.25, 0.3) is 16.5 Å². The predicted octanol–water partition coefficient (Wildman–Crippen LogP) is 4.15. The molecule has 0 amide bonds. The van der Waals surface area contributed by atoms with Crippen molar-refractivity contribution in [2.45, 2.75) is 25.7 Å². The summed E-state index contributed by atoms with van der Waals surface area (Å²) in [6.07, 6.45) is 5.57. The van der Waals surface area contributed by atoms with Gasteiger partial charge in [0.1, 0.15) is 0 Å². The van der Waals surface area contributed by atoms with Gasteiger partial charge in [0.05, 0.1) is 0 Å². The highest BCUT2D eigenvalue weighted by molar-refractivity contribution is 6.00. The normalized spacial score (nSPS) is 17.9. The first kappa shape index (κ1) is 11.4. The van der Waals surface area contributed by atoms with Crippen molar-refractivity contribution in [2.24, 2.45) is 5.11 Å². The van der Waals surface area contributed by atoms with Crippen molar-refractivity contribution in [2.75, 3.05) is 0 Å². The summed E-state index contributed by atoms with van der Waals surface area (Å²) >= 11 is 0. The van der Waals surface area contributed by atoms with Gasteiger partial charge in [-0.2, -0.15) is 0 Å². The van der Waals surface area contributed by atoms with Crippen LogP contribution < -0.4 is 0 Å². The first-order chi connectivity index (χ1) is 8.29. The quantitative estimate of drug-likeness (QED) is 0.324. The Morgan fingerprint density at radius 1 is 1.18 bits per heavy atom. The van der Waals surface area contributed by atoms with Crippen LogP contribution >= 0.6 is 0 Å². The molecular weight excluding hydrogens is 214 g/mol. The number of carbonyl (C=O) groups excluding carboxylic acids is 1. The minimum atomic E-state index is 0.260. The van der Waals surface area contributed by atoms with Crippen LogP contribution in [0.4, 0.5) is 5.69 Å². The second kappa shape index (κ2) is 5.32. The van der Waals surface area contributed by atoms with Gasteiger partial charge >= 0.3 is 0 Å². The molecule has 0 bridgehead atoms. The summed E-state index contributed by atoms with van der Waals surface area (Å²) < 4.78 is 0. The third kappa shape index (κ3) is 2.95. The van der Waals surface area contributed by atoms with Crippen molar-refractivity contribution < 1.29 is 4.79 Å². The first-order valence-electron chi connectivity index (χ1n) is 5.68. The van der Waals surface area contributed by atoms with E-state index in [9.17, 15) is 4.79 Å². The third-order valence-corrected chi connectivity index (χ3v) is 2.85. The highest BCUT2D eigenvalue weighted by Gasteiger charge is 2.14. The monoisotopic (exact) mass is 227 g/mol. The smallest absolute Gasteiger partial charge is 0.158 e. The van der Waals surface area contributed by atoms with Crippen LogP contribution in [0.1, 0.15) is 31.2 Å². The molecule has 2 rings (SSSR count). The van der Waals surface area contributed by atoms with E-state index in [0.29, 0.717) is 12.1 Å². The molecule has 1 saturated carbocycles. The van der Waals surface area contributed by atoms with Gasteiger partial charge in [0.15, 0.2) is 5.78 Å². The lowest BCUT2D eigenvalue weighted by Gasteiger charge is -2.12. The van der Waals surface area contributed by atoms with Crippen LogP contribution in [0, 0.1) is 0 Å². The molecule has 86 valence electrons. The molecule has 17 heavy (non-hydrogen) atoms. The number of azide groups is 1. The van der Waals surface area contributed by atoms with Crippen molar-refractivity contribution in [1.82, 2.24) is 0 Å². The highest BCUT2D eigenvalue weighted by atomic mass is 16.1. The summed E-state index contributed by atoms with van der Waals surface area (Å²) in [5.41, 5.74) is 10.8. The molecule has 0 unspecified atom stereocenters. The zero-order valence-electron chi connectivity index (χ0n) is 9.47. The molecular formula is C13H13N3O. The summed E-state index contributed by atoms with van der Waals surface area (Å²) in [4.78, 5) is 14.4. The summed E-state index contributed by atoms with van der Waals surface area (Å²) in [6, 6.07) is 7.22. The van der Waals surface area contributed by atoms with Gasteiger partial charge in [-0.3, -0.25) is 4.79 Å². The molecule has 0 aliphatic heterocycles. The molecule has 0 radical (unpaired) electrons. The van der Waals surface area contributed by atoms with E-state index < -0.39 is 0 Å². The molecule has 0 heterocycles. The van der Waals surface area contributed by atoms with Crippen molar-refractivity contribution in [1.29, 1.82) is 0 Å². The number of benzene rings is 1. The van der Waals surface area contributed by atoms with E-state index >= 15 is 0 Å². The number of hydrogen-bond donors (Lipinski definition) is 0. The van der Waals surface area contributed by atoms with Crippen LogP contribution in [0.15, 0.2) is 35.0 Å². The molecule has 1 aliphatic carbocycles. The predicted molar refractivity (Wildman–Crippen MR) is 66.7 cm³/mol. The van der Waals surface area contributed by atoms with Gasteiger partial charge in [0, 0.05) is 17.0 Å². The van der Waals surface area contributed by atoms with Gasteiger partial charge in [-0.05, 0) is 42.0 Å². The lowest BCUT2D eigenvalue weighted by Crippen LogP contribution is -2.07. The first-order valence-corrected chi connectivity index (χ1v) is 5.68. The molecule has 0 saturated heterocycles. The Morgan fingerprint density at radius 3 is 2.53 bits per heavy atom. The molecule has 1 aliphatic rings. The molecule has 1 aromatic rings. The van der Waals surface area contributed by atoms with Crippen LogP contribution in [-0.2, 0) is 4.79 Å². The zero-order chi connectivity index (χ0) is 12.1. The molecule has 0 atom stereocenters. The Morgan fingerprint density at radius 2 is 1.88 bits per heavy atom. The number of rotatable bonds is 2. The van der Waals surface area contributed by atoms with Gasteiger partial charge in [-0.15, -0.1) is 0 Å². The minimum absolute atomic E-state index is 0.260. The lowest BCUT2D eigenvalue weighted by atomic mass is 9.92. The Balaban J connectivity index is 2.20. The molecule has 4 nitrogen and oxygen atoms in total. The Hall–Kier alpha value is -2.06. The van der Waals surface area contributed by atoms with Crippen molar-refractivity contribution in [3.63, 3.8) is 0 Å². The van der Waals surface area contributed by atoms with Crippen LogP contribution in [0.2, 0.25) is 0 Å². The van der Waals surface area contributed by atoms with E-state index in [2.05, 4.69) is 10.0 Å². The van der Waals surface area contributed by atoms with E-state index in [1.165, 1.54) is 0 Å². The maximum absolute atomic E-state index is 11.6. The highest BCUT2D eigenvalue weighted by Crippen LogP contribution is 2.23. The number of Topliss-reactive ketones (excluding diaryl/α,β-unsaturated/α-hetero) is 1.